The first kappa shape index (κ1) is 32.2. The Labute approximate surface area is 268 Å². The maximum absolute atomic E-state index is 13.1. The number of nitrogens with one attached hydrogen (secondary N) is 2. The van der Waals surface area contributed by atoms with Crippen LogP contribution in [-0.2, 0) is 29.2 Å². The van der Waals surface area contributed by atoms with Crippen molar-refractivity contribution in [1.82, 2.24) is 5.32 Å². The molecule has 0 fully saturated rings. The minimum Gasteiger partial charge on any atom is -0.495 e. The van der Waals surface area contributed by atoms with Crippen molar-refractivity contribution in [2.75, 3.05) is 38.7 Å². The van der Waals surface area contributed by atoms with Crippen LogP contribution in [0.25, 0.3) is 0 Å². The number of anilines is 1. The van der Waals surface area contributed by atoms with Gasteiger partial charge in [0.15, 0.2) is 0 Å². The van der Waals surface area contributed by atoms with Crippen molar-refractivity contribution in [2.24, 2.45) is 10.7 Å². The molecule has 0 radical (unpaired) electrons. The summed E-state index contributed by atoms with van der Waals surface area (Å²) in [6.07, 6.45) is 0.676. The number of para-hydroxylation sites is 1. The molecule has 1 heterocycles. The van der Waals surface area contributed by atoms with Crippen LogP contribution in [0.3, 0.4) is 0 Å². The lowest BCUT2D eigenvalue weighted by Crippen LogP contribution is -2.23. The molecule has 0 saturated carbocycles. The summed E-state index contributed by atoms with van der Waals surface area (Å²) in [4.78, 5) is 30.6. The van der Waals surface area contributed by atoms with Crippen LogP contribution in [0.2, 0.25) is 0 Å². The number of aliphatic imine (C=N–C) groups is 1. The number of benzene rings is 4. The monoisotopic (exact) mass is 622 g/mol. The first-order valence-electron chi connectivity index (χ1n) is 15.2. The van der Waals surface area contributed by atoms with E-state index in [4.69, 9.17) is 24.7 Å². The van der Waals surface area contributed by atoms with E-state index in [1.54, 1.807) is 42.5 Å². The number of methoxy groups -OCH3 is 1. The molecule has 1 aliphatic heterocycles. The zero-order valence-corrected chi connectivity index (χ0v) is 25.8. The standard InChI is InChI=1S/C36H38N4O6/c1-43-33-21-27(15-16-31(33)40-35(42)30-9-4-5-10-32(30)45-19-6-17-37)34(41)39-22-28-7-2-3-8-29(28)24-44-23-25-11-13-26(14-12-25)36-38-18-20-46-36/h2-5,7-16,21H,6,17-20,22-24,37H2,1H3,(H,39,41)(H,40,42). The van der Waals surface area contributed by atoms with Crippen LogP contribution in [0.4, 0.5) is 5.69 Å². The number of rotatable bonds is 15. The zero-order valence-electron chi connectivity index (χ0n) is 25.8. The van der Waals surface area contributed by atoms with E-state index in [0.29, 0.717) is 86.7 Å². The van der Waals surface area contributed by atoms with Crippen LogP contribution in [0.5, 0.6) is 11.5 Å². The van der Waals surface area contributed by atoms with E-state index < -0.39 is 0 Å². The average Bonchev–Trinajstić information content (AvgIpc) is 3.64. The van der Waals surface area contributed by atoms with Gasteiger partial charge in [-0.3, -0.25) is 9.59 Å². The first-order valence-corrected chi connectivity index (χ1v) is 15.2. The molecule has 0 aliphatic carbocycles. The molecule has 0 unspecified atom stereocenters. The van der Waals surface area contributed by atoms with Gasteiger partial charge in [-0.2, -0.15) is 0 Å². The van der Waals surface area contributed by atoms with E-state index in [1.807, 2.05) is 48.5 Å². The van der Waals surface area contributed by atoms with Crippen LogP contribution >= 0.6 is 0 Å². The van der Waals surface area contributed by atoms with Gasteiger partial charge in [0.1, 0.15) is 18.1 Å². The quantitative estimate of drug-likeness (QED) is 0.157. The molecule has 0 bridgehead atoms. The molecule has 2 amide bonds. The molecule has 4 aromatic carbocycles. The van der Waals surface area contributed by atoms with E-state index in [-0.39, 0.29) is 11.8 Å². The highest BCUT2D eigenvalue weighted by molar-refractivity contribution is 6.07. The molecule has 0 aromatic heterocycles. The Balaban J connectivity index is 1.16. The van der Waals surface area contributed by atoms with Crippen LogP contribution in [0, 0.1) is 0 Å². The lowest BCUT2D eigenvalue weighted by Gasteiger charge is -2.15. The Morgan fingerprint density at radius 3 is 2.43 bits per heavy atom. The first-order chi connectivity index (χ1) is 22.6. The smallest absolute Gasteiger partial charge is 0.259 e. The molecule has 46 heavy (non-hydrogen) atoms. The molecular weight excluding hydrogens is 584 g/mol. The summed E-state index contributed by atoms with van der Waals surface area (Å²) in [7, 11) is 1.49. The van der Waals surface area contributed by atoms with Gasteiger partial charge >= 0.3 is 0 Å². The molecule has 1 aliphatic rings. The highest BCUT2D eigenvalue weighted by Crippen LogP contribution is 2.28. The molecule has 0 saturated heterocycles. The Hall–Kier alpha value is -5.19. The van der Waals surface area contributed by atoms with Crippen molar-refractivity contribution < 1.29 is 28.5 Å². The van der Waals surface area contributed by atoms with E-state index in [9.17, 15) is 9.59 Å². The molecular formula is C36H38N4O6. The molecule has 5 rings (SSSR count). The third-order valence-electron chi connectivity index (χ3n) is 7.32. The maximum atomic E-state index is 13.1. The summed E-state index contributed by atoms with van der Waals surface area (Å²) in [5.74, 6) is 0.873. The SMILES string of the molecule is COc1cc(C(=O)NCc2ccccc2COCc2ccc(C3=NCCO3)cc2)ccc1NC(=O)c1ccccc1OCCCN. The van der Waals surface area contributed by atoms with Crippen molar-refractivity contribution in [3.8, 4) is 11.5 Å². The lowest BCUT2D eigenvalue weighted by atomic mass is 10.1. The number of hydrogen-bond acceptors (Lipinski definition) is 8. The van der Waals surface area contributed by atoms with Gasteiger partial charge < -0.3 is 35.3 Å². The summed E-state index contributed by atoms with van der Waals surface area (Å²) in [5.41, 5.74) is 10.7. The van der Waals surface area contributed by atoms with E-state index in [1.165, 1.54) is 7.11 Å². The van der Waals surface area contributed by atoms with Gasteiger partial charge in [-0.05, 0) is 72.1 Å². The van der Waals surface area contributed by atoms with Gasteiger partial charge in [0, 0.05) is 17.7 Å². The third-order valence-corrected chi connectivity index (χ3v) is 7.32. The number of carbonyl (C=O) groups excluding carboxylic acids is 2. The van der Waals surface area contributed by atoms with Crippen LogP contribution in [0.15, 0.2) is 96.0 Å². The van der Waals surface area contributed by atoms with E-state index in [2.05, 4.69) is 15.6 Å². The summed E-state index contributed by atoms with van der Waals surface area (Å²) in [6, 6.07) is 27.7. The fourth-order valence-corrected chi connectivity index (χ4v) is 4.85. The summed E-state index contributed by atoms with van der Waals surface area (Å²) in [5, 5.41) is 5.84. The number of carbonyl (C=O) groups is 2. The largest absolute Gasteiger partial charge is 0.495 e. The van der Waals surface area contributed by atoms with Gasteiger partial charge in [0.05, 0.1) is 44.7 Å². The van der Waals surface area contributed by atoms with Gasteiger partial charge in [0.2, 0.25) is 5.90 Å². The fraction of sp³-hybridized carbons (Fsp3) is 0.250. The molecule has 0 atom stereocenters. The Morgan fingerprint density at radius 1 is 0.891 bits per heavy atom. The molecule has 10 heteroatoms. The zero-order chi connectivity index (χ0) is 32.1. The number of amides is 2. The molecule has 10 nitrogen and oxygen atoms in total. The second-order valence-electron chi connectivity index (χ2n) is 10.5. The Kier molecular flexibility index (Phi) is 11.4. The highest BCUT2D eigenvalue weighted by atomic mass is 16.5. The molecule has 4 aromatic rings. The molecule has 4 N–H and O–H groups in total. The number of nitrogens with zero attached hydrogens (tertiary/aromatic N) is 1. The van der Waals surface area contributed by atoms with Crippen molar-refractivity contribution in [3.05, 3.63) is 124 Å². The minimum atomic E-state index is -0.358. The summed E-state index contributed by atoms with van der Waals surface area (Å²) >= 11 is 0. The van der Waals surface area contributed by atoms with Crippen LogP contribution in [0.1, 0.15) is 49.4 Å². The predicted molar refractivity (Wildman–Crippen MR) is 176 cm³/mol. The normalized spacial score (nSPS) is 12.2. The van der Waals surface area contributed by atoms with Gasteiger partial charge in [-0.1, -0.05) is 48.5 Å². The average molecular weight is 623 g/mol. The van der Waals surface area contributed by atoms with Crippen LogP contribution in [-0.4, -0.2) is 51.1 Å². The van der Waals surface area contributed by atoms with Crippen molar-refractivity contribution >= 4 is 23.4 Å². The predicted octanol–water partition coefficient (Wildman–Crippen LogP) is 5.10. The summed E-state index contributed by atoms with van der Waals surface area (Å²) < 4.78 is 22.8. The second-order valence-corrected chi connectivity index (χ2v) is 10.5. The fourth-order valence-electron chi connectivity index (χ4n) is 4.85. The maximum Gasteiger partial charge on any atom is 0.259 e. The Bertz CT molecular complexity index is 1670. The lowest BCUT2D eigenvalue weighted by molar-refractivity contribution is 0.0946. The van der Waals surface area contributed by atoms with Gasteiger partial charge in [0.25, 0.3) is 11.8 Å². The minimum absolute atomic E-state index is 0.276. The number of nitrogens with two attached hydrogens (primary N) is 1. The third kappa shape index (κ3) is 8.50. The number of hydrogen-bond donors (Lipinski definition) is 3. The highest BCUT2D eigenvalue weighted by Gasteiger charge is 2.17. The molecule has 0 spiro atoms. The molecule has 238 valence electrons. The van der Waals surface area contributed by atoms with E-state index >= 15 is 0 Å². The van der Waals surface area contributed by atoms with Gasteiger partial charge in [-0.25, -0.2) is 4.99 Å². The number of ether oxygens (including phenoxy) is 4. The van der Waals surface area contributed by atoms with Crippen molar-refractivity contribution in [2.45, 2.75) is 26.2 Å². The van der Waals surface area contributed by atoms with E-state index in [0.717, 1.165) is 22.3 Å². The summed E-state index contributed by atoms with van der Waals surface area (Å²) in [6.45, 7) is 3.39. The van der Waals surface area contributed by atoms with Crippen molar-refractivity contribution in [1.29, 1.82) is 0 Å². The second kappa shape index (κ2) is 16.2. The topological polar surface area (TPSA) is 134 Å². The Morgan fingerprint density at radius 2 is 1.67 bits per heavy atom. The van der Waals surface area contributed by atoms with Crippen LogP contribution < -0.4 is 25.8 Å². The van der Waals surface area contributed by atoms with Gasteiger partial charge in [-0.15, -0.1) is 0 Å². The van der Waals surface area contributed by atoms with Crippen molar-refractivity contribution in [3.63, 3.8) is 0 Å².